The second-order valence-corrected chi connectivity index (χ2v) is 4.64. The molecule has 72 valence electrons. The molecule has 0 bridgehead atoms. The normalized spacial score (nSPS) is 21.0. The third-order valence-electron chi connectivity index (χ3n) is 3.08. The molecular formula is C11H23N. The van der Waals surface area contributed by atoms with E-state index in [0.717, 1.165) is 0 Å². The largest absolute Gasteiger partial charge is 0.314 e. The minimum atomic E-state index is 0.652. The van der Waals surface area contributed by atoms with Gasteiger partial charge in [-0.05, 0) is 24.7 Å². The van der Waals surface area contributed by atoms with Gasteiger partial charge in [0.05, 0.1) is 0 Å². The Morgan fingerprint density at radius 1 is 1.33 bits per heavy atom. The quantitative estimate of drug-likeness (QED) is 0.667. The smallest absolute Gasteiger partial charge is 0.00106 e. The molecule has 0 aromatic heterocycles. The molecule has 1 saturated carbocycles. The van der Waals surface area contributed by atoms with Crippen LogP contribution in [-0.4, -0.2) is 12.6 Å². The van der Waals surface area contributed by atoms with Crippen LogP contribution >= 0.6 is 0 Å². The van der Waals surface area contributed by atoms with Crippen molar-refractivity contribution in [2.75, 3.05) is 6.54 Å². The van der Waals surface area contributed by atoms with Gasteiger partial charge in [-0.25, -0.2) is 0 Å². The summed E-state index contributed by atoms with van der Waals surface area (Å²) < 4.78 is 0. The maximum atomic E-state index is 3.57. The Hall–Kier alpha value is -0.0400. The predicted molar refractivity (Wildman–Crippen MR) is 54.3 cm³/mol. The van der Waals surface area contributed by atoms with Gasteiger partial charge < -0.3 is 5.32 Å². The summed E-state index contributed by atoms with van der Waals surface area (Å²) in [6.45, 7) is 8.02. The fourth-order valence-corrected chi connectivity index (χ4v) is 2.14. The summed E-state index contributed by atoms with van der Waals surface area (Å²) in [7, 11) is 0. The van der Waals surface area contributed by atoms with Gasteiger partial charge in [0.1, 0.15) is 0 Å². The molecule has 0 radical (unpaired) electrons. The van der Waals surface area contributed by atoms with Crippen molar-refractivity contribution in [1.82, 2.24) is 5.32 Å². The maximum Gasteiger partial charge on any atom is 0.00106 e. The van der Waals surface area contributed by atoms with E-state index < -0.39 is 0 Å². The van der Waals surface area contributed by atoms with Crippen molar-refractivity contribution in [3.63, 3.8) is 0 Å². The molecule has 1 N–H and O–H groups in total. The van der Waals surface area contributed by atoms with Crippen LogP contribution < -0.4 is 5.32 Å². The molecule has 1 fully saturated rings. The first-order valence-electron chi connectivity index (χ1n) is 5.42. The second-order valence-electron chi connectivity index (χ2n) is 4.64. The van der Waals surface area contributed by atoms with E-state index in [-0.39, 0.29) is 0 Å². The van der Waals surface area contributed by atoms with Crippen molar-refractivity contribution in [1.29, 1.82) is 0 Å². The molecule has 0 aromatic carbocycles. The molecule has 0 unspecified atom stereocenters. The summed E-state index contributed by atoms with van der Waals surface area (Å²) in [5.74, 6) is 0. The fourth-order valence-electron chi connectivity index (χ4n) is 2.14. The third-order valence-corrected chi connectivity index (χ3v) is 3.08. The lowest BCUT2D eigenvalue weighted by Crippen LogP contribution is -2.42. The number of hydrogen-bond acceptors (Lipinski definition) is 1. The van der Waals surface area contributed by atoms with Crippen LogP contribution in [0.1, 0.15) is 52.9 Å². The van der Waals surface area contributed by atoms with Crippen LogP contribution in [0, 0.1) is 5.41 Å². The highest BCUT2D eigenvalue weighted by atomic mass is 14.9. The summed E-state index contributed by atoms with van der Waals surface area (Å²) >= 11 is 0. The van der Waals surface area contributed by atoms with Crippen LogP contribution in [0.25, 0.3) is 0 Å². The zero-order chi connectivity index (χ0) is 9.03. The van der Waals surface area contributed by atoms with Crippen molar-refractivity contribution >= 4 is 0 Å². The Labute approximate surface area is 76.9 Å². The van der Waals surface area contributed by atoms with Crippen molar-refractivity contribution in [2.24, 2.45) is 5.41 Å². The standard InChI is InChI=1S/C11H23N/c1-4-6-11(7-5-8-11)9-12-10(2)3/h10,12H,4-9H2,1-3H3. The minimum Gasteiger partial charge on any atom is -0.314 e. The molecule has 1 nitrogen and oxygen atoms in total. The monoisotopic (exact) mass is 169 g/mol. The highest BCUT2D eigenvalue weighted by molar-refractivity contribution is 4.89. The van der Waals surface area contributed by atoms with Gasteiger partial charge in [0.25, 0.3) is 0 Å². The van der Waals surface area contributed by atoms with Gasteiger partial charge in [-0.1, -0.05) is 33.6 Å². The van der Waals surface area contributed by atoms with E-state index in [4.69, 9.17) is 0 Å². The van der Waals surface area contributed by atoms with E-state index in [1.165, 1.54) is 38.6 Å². The summed E-state index contributed by atoms with van der Waals surface area (Å²) in [6.07, 6.45) is 7.15. The molecule has 0 atom stereocenters. The van der Waals surface area contributed by atoms with E-state index in [9.17, 15) is 0 Å². The van der Waals surface area contributed by atoms with Gasteiger partial charge in [-0.15, -0.1) is 0 Å². The highest BCUT2D eigenvalue weighted by Crippen LogP contribution is 2.44. The van der Waals surface area contributed by atoms with Crippen LogP contribution in [0.5, 0.6) is 0 Å². The number of hydrogen-bond donors (Lipinski definition) is 1. The van der Waals surface area contributed by atoms with E-state index in [1.54, 1.807) is 0 Å². The van der Waals surface area contributed by atoms with Gasteiger partial charge in [0.15, 0.2) is 0 Å². The Morgan fingerprint density at radius 3 is 2.33 bits per heavy atom. The first-order valence-corrected chi connectivity index (χ1v) is 5.42. The van der Waals surface area contributed by atoms with Gasteiger partial charge in [-0.3, -0.25) is 0 Å². The van der Waals surface area contributed by atoms with Crippen LogP contribution in [0.3, 0.4) is 0 Å². The minimum absolute atomic E-state index is 0.652. The predicted octanol–water partition coefficient (Wildman–Crippen LogP) is 2.95. The van der Waals surface area contributed by atoms with Crippen LogP contribution in [-0.2, 0) is 0 Å². The summed E-state index contributed by atoms with van der Waals surface area (Å²) in [4.78, 5) is 0. The number of nitrogens with one attached hydrogen (secondary N) is 1. The van der Waals surface area contributed by atoms with E-state index in [2.05, 4.69) is 26.1 Å². The van der Waals surface area contributed by atoms with Gasteiger partial charge in [-0.2, -0.15) is 0 Å². The summed E-state index contributed by atoms with van der Waals surface area (Å²) in [6, 6.07) is 0.652. The molecule has 0 heterocycles. The van der Waals surface area contributed by atoms with Crippen molar-refractivity contribution in [3.8, 4) is 0 Å². The average Bonchev–Trinajstić information content (AvgIpc) is 1.94. The molecule has 0 spiro atoms. The Kier molecular flexibility index (Phi) is 3.57. The topological polar surface area (TPSA) is 12.0 Å². The van der Waals surface area contributed by atoms with E-state index in [0.29, 0.717) is 11.5 Å². The Balaban J connectivity index is 2.24. The molecule has 12 heavy (non-hydrogen) atoms. The molecule has 0 amide bonds. The lowest BCUT2D eigenvalue weighted by atomic mass is 9.66. The molecule has 1 rings (SSSR count). The zero-order valence-electron chi connectivity index (χ0n) is 8.82. The zero-order valence-corrected chi connectivity index (χ0v) is 8.82. The molecule has 1 aliphatic carbocycles. The van der Waals surface area contributed by atoms with Crippen molar-refractivity contribution in [3.05, 3.63) is 0 Å². The van der Waals surface area contributed by atoms with Crippen LogP contribution in [0.2, 0.25) is 0 Å². The first-order chi connectivity index (χ1) is 5.68. The van der Waals surface area contributed by atoms with Crippen LogP contribution in [0.15, 0.2) is 0 Å². The average molecular weight is 169 g/mol. The van der Waals surface area contributed by atoms with Crippen molar-refractivity contribution in [2.45, 2.75) is 58.9 Å². The summed E-state index contributed by atoms with van der Waals surface area (Å²) in [5, 5.41) is 3.57. The second kappa shape index (κ2) is 4.27. The van der Waals surface area contributed by atoms with Gasteiger partial charge >= 0.3 is 0 Å². The molecule has 0 aliphatic heterocycles. The molecule has 1 heteroatoms. The molecule has 0 aromatic rings. The van der Waals surface area contributed by atoms with Gasteiger partial charge in [0.2, 0.25) is 0 Å². The lowest BCUT2D eigenvalue weighted by Gasteiger charge is -2.42. The first kappa shape index (κ1) is 10.0. The lowest BCUT2D eigenvalue weighted by molar-refractivity contribution is 0.112. The Morgan fingerprint density at radius 2 is 2.00 bits per heavy atom. The van der Waals surface area contributed by atoms with Crippen molar-refractivity contribution < 1.29 is 0 Å². The van der Waals surface area contributed by atoms with Gasteiger partial charge in [0, 0.05) is 12.6 Å². The maximum absolute atomic E-state index is 3.57. The SMILES string of the molecule is CCCC1(CNC(C)C)CCC1. The fraction of sp³-hybridized carbons (Fsp3) is 1.00. The molecule has 0 saturated heterocycles. The summed E-state index contributed by atoms with van der Waals surface area (Å²) in [5.41, 5.74) is 0.693. The molecular weight excluding hydrogens is 146 g/mol. The van der Waals surface area contributed by atoms with E-state index in [1.807, 2.05) is 0 Å². The third kappa shape index (κ3) is 2.48. The molecule has 1 aliphatic rings. The Bertz CT molecular complexity index is 125. The van der Waals surface area contributed by atoms with E-state index >= 15 is 0 Å². The number of rotatable bonds is 5. The highest BCUT2D eigenvalue weighted by Gasteiger charge is 2.35. The van der Waals surface area contributed by atoms with Crippen LogP contribution in [0.4, 0.5) is 0 Å².